The summed E-state index contributed by atoms with van der Waals surface area (Å²) in [5, 5.41) is 14.0. The van der Waals surface area contributed by atoms with Crippen molar-refractivity contribution >= 4 is 38.7 Å². The van der Waals surface area contributed by atoms with Crippen molar-refractivity contribution in [1.29, 1.82) is 0 Å². The molecule has 0 aliphatic carbocycles. The molecule has 10 nitrogen and oxygen atoms in total. The minimum atomic E-state index is -3.96. The first kappa shape index (κ1) is 24.5. The van der Waals surface area contributed by atoms with E-state index < -0.39 is 20.9 Å². The summed E-state index contributed by atoms with van der Waals surface area (Å²) in [5.41, 5.74) is 1.26. The number of rotatable bonds is 8. The second-order valence-corrected chi connectivity index (χ2v) is 9.27. The van der Waals surface area contributed by atoms with Crippen LogP contribution in [-0.2, 0) is 10.0 Å². The van der Waals surface area contributed by atoms with Crippen molar-refractivity contribution in [3.63, 3.8) is 0 Å². The lowest BCUT2D eigenvalue weighted by molar-refractivity contribution is -0.384. The molecule has 2 N–H and O–H groups in total. The van der Waals surface area contributed by atoms with Crippen LogP contribution < -0.4 is 19.7 Å². The van der Waals surface area contributed by atoms with Gasteiger partial charge in [0.25, 0.3) is 21.6 Å². The molecular weight excluding hydrogens is 460 g/mol. The third kappa shape index (κ3) is 5.44. The summed E-state index contributed by atoms with van der Waals surface area (Å²) in [7, 11) is 0.881. The molecule has 0 saturated heterocycles. The maximum absolute atomic E-state index is 13.0. The van der Waals surface area contributed by atoms with Crippen molar-refractivity contribution < 1.29 is 22.9 Å². The summed E-state index contributed by atoms with van der Waals surface area (Å²) >= 11 is 0. The van der Waals surface area contributed by atoms with Crippen LogP contribution in [0.2, 0.25) is 0 Å². The van der Waals surface area contributed by atoms with Gasteiger partial charge in [-0.3, -0.25) is 19.6 Å². The molecule has 0 aliphatic rings. The fourth-order valence-corrected chi connectivity index (χ4v) is 4.56. The number of carbonyl (C=O) groups excluding carboxylic acids is 1. The van der Waals surface area contributed by atoms with Gasteiger partial charge in [0, 0.05) is 37.1 Å². The molecule has 0 unspecified atom stereocenters. The molecule has 0 fully saturated rings. The van der Waals surface area contributed by atoms with Crippen LogP contribution in [0.1, 0.15) is 15.9 Å². The molecule has 11 heteroatoms. The average molecular weight is 485 g/mol. The van der Waals surface area contributed by atoms with E-state index in [1.807, 2.05) is 0 Å². The number of aryl methyl sites for hydroxylation is 1. The van der Waals surface area contributed by atoms with Gasteiger partial charge in [-0.2, -0.15) is 0 Å². The predicted octanol–water partition coefficient (Wildman–Crippen LogP) is 4.03. The van der Waals surface area contributed by atoms with Gasteiger partial charge in [0.1, 0.15) is 11.4 Å². The minimum Gasteiger partial charge on any atom is -0.497 e. The van der Waals surface area contributed by atoms with Gasteiger partial charge in [0.15, 0.2) is 0 Å². The van der Waals surface area contributed by atoms with Gasteiger partial charge in [-0.05, 0) is 61.0 Å². The normalized spacial score (nSPS) is 10.9. The Hall–Kier alpha value is -4.12. The smallest absolute Gasteiger partial charge is 0.293 e. The Balaban J connectivity index is 1.86. The summed E-state index contributed by atoms with van der Waals surface area (Å²) in [4.78, 5) is 25.1. The number of benzene rings is 3. The maximum atomic E-state index is 13.0. The third-order valence-electron chi connectivity index (χ3n) is 4.99. The van der Waals surface area contributed by atoms with Crippen LogP contribution in [0.4, 0.5) is 22.7 Å². The Morgan fingerprint density at radius 2 is 1.65 bits per heavy atom. The Morgan fingerprint density at radius 1 is 1.00 bits per heavy atom. The lowest BCUT2D eigenvalue weighted by Gasteiger charge is -2.14. The quantitative estimate of drug-likeness (QED) is 0.364. The molecular formula is C23H24N4O6S. The van der Waals surface area contributed by atoms with Crippen LogP contribution in [-0.4, -0.2) is 40.5 Å². The highest BCUT2D eigenvalue weighted by atomic mass is 32.2. The highest BCUT2D eigenvalue weighted by Crippen LogP contribution is 2.29. The number of methoxy groups -OCH3 is 1. The lowest BCUT2D eigenvalue weighted by atomic mass is 10.1. The van der Waals surface area contributed by atoms with E-state index in [1.165, 1.54) is 31.4 Å². The van der Waals surface area contributed by atoms with E-state index in [4.69, 9.17) is 4.74 Å². The zero-order valence-corrected chi connectivity index (χ0v) is 19.8. The number of nitro groups is 1. The molecule has 3 aromatic carbocycles. The number of sulfonamides is 1. The van der Waals surface area contributed by atoms with E-state index in [-0.39, 0.29) is 21.8 Å². The van der Waals surface area contributed by atoms with Gasteiger partial charge in [0.05, 0.1) is 16.9 Å². The molecule has 3 aromatic rings. The van der Waals surface area contributed by atoms with Crippen molar-refractivity contribution in [2.24, 2.45) is 0 Å². The zero-order chi connectivity index (χ0) is 25.0. The van der Waals surface area contributed by atoms with Gasteiger partial charge in [-0.1, -0.05) is 6.07 Å². The van der Waals surface area contributed by atoms with Gasteiger partial charge in [-0.15, -0.1) is 0 Å². The molecule has 0 aromatic heterocycles. The molecule has 178 valence electrons. The number of ether oxygens (including phenoxy) is 1. The summed E-state index contributed by atoms with van der Waals surface area (Å²) in [6, 6.07) is 15.0. The number of anilines is 3. The molecule has 0 atom stereocenters. The second kappa shape index (κ2) is 9.79. The highest BCUT2D eigenvalue weighted by molar-refractivity contribution is 7.92. The van der Waals surface area contributed by atoms with Crippen LogP contribution in [0.15, 0.2) is 65.6 Å². The summed E-state index contributed by atoms with van der Waals surface area (Å²) in [5.74, 6) is -0.0218. The molecule has 3 rings (SSSR count). The van der Waals surface area contributed by atoms with Gasteiger partial charge < -0.3 is 15.0 Å². The van der Waals surface area contributed by atoms with Crippen LogP contribution in [0.5, 0.6) is 5.75 Å². The van der Waals surface area contributed by atoms with Gasteiger partial charge >= 0.3 is 0 Å². The summed E-state index contributed by atoms with van der Waals surface area (Å²) in [6.07, 6.45) is 0. The topological polar surface area (TPSA) is 131 Å². The lowest BCUT2D eigenvalue weighted by Crippen LogP contribution is -2.17. The number of nitrogens with one attached hydrogen (secondary N) is 2. The Kier molecular flexibility index (Phi) is 7.06. The van der Waals surface area contributed by atoms with Gasteiger partial charge in [-0.25, -0.2) is 8.42 Å². The fraction of sp³-hybridized carbons (Fsp3) is 0.174. The number of amides is 1. The first-order valence-corrected chi connectivity index (χ1v) is 11.5. The molecule has 0 heterocycles. The summed E-state index contributed by atoms with van der Waals surface area (Å²) in [6.45, 7) is 1.64. The number of hydrogen-bond acceptors (Lipinski definition) is 7. The van der Waals surface area contributed by atoms with Crippen LogP contribution >= 0.6 is 0 Å². The minimum absolute atomic E-state index is 0.0185. The van der Waals surface area contributed by atoms with E-state index in [1.54, 1.807) is 62.3 Å². The van der Waals surface area contributed by atoms with Crippen molar-refractivity contribution in [1.82, 2.24) is 0 Å². The first-order valence-electron chi connectivity index (χ1n) is 10.1. The van der Waals surface area contributed by atoms with Crippen molar-refractivity contribution in [3.8, 4) is 5.75 Å². The molecule has 0 saturated carbocycles. The summed E-state index contributed by atoms with van der Waals surface area (Å²) < 4.78 is 33.5. The second-order valence-electron chi connectivity index (χ2n) is 7.62. The monoisotopic (exact) mass is 484 g/mol. The molecule has 0 spiro atoms. The largest absolute Gasteiger partial charge is 0.497 e. The Labute approximate surface area is 197 Å². The highest BCUT2D eigenvalue weighted by Gasteiger charge is 2.21. The third-order valence-corrected chi connectivity index (χ3v) is 6.52. The van der Waals surface area contributed by atoms with Crippen LogP contribution in [0.25, 0.3) is 0 Å². The fourth-order valence-electron chi connectivity index (χ4n) is 3.23. The van der Waals surface area contributed by atoms with E-state index in [9.17, 15) is 23.3 Å². The number of nitrogens with zero attached hydrogens (tertiary/aromatic N) is 2. The van der Waals surface area contributed by atoms with E-state index in [0.717, 1.165) is 0 Å². The predicted molar refractivity (Wildman–Crippen MR) is 130 cm³/mol. The SMILES string of the molecule is COc1ccc(NS(=O)(=O)c2cc(NC(=O)c3ccc(N(C)C)c([N+](=O)[O-])c3)ccc2C)cc1. The number of nitro benzene ring substituents is 1. The molecule has 1 amide bonds. The Morgan fingerprint density at radius 3 is 2.24 bits per heavy atom. The molecule has 0 aliphatic heterocycles. The standard InChI is InChI=1S/C23H24N4O6S/c1-15-5-7-18(14-22(15)34(31,32)25-17-8-10-19(33-4)11-9-17)24-23(28)16-6-12-20(26(2)3)21(13-16)27(29)30/h5-14,25H,1-4H3,(H,24,28). The number of hydrogen-bond donors (Lipinski definition) is 2. The molecule has 0 bridgehead atoms. The first-order chi connectivity index (χ1) is 16.0. The number of carbonyl (C=O) groups is 1. The van der Waals surface area contributed by atoms with Crippen molar-refractivity contribution in [3.05, 3.63) is 81.9 Å². The van der Waals surface area contributed by atoms with Crippen molar-refractivity contribution in [2.45, 2.75) is 11.8 Å². The molecule has 0 radical (unpaired) electrons. The Bertz CT molecular complexity index is 1340. The average Bonchev–Trinajstić information content (AvgIpc) is 2.79. The van der Waals surface area contributed by atoms with Crippen LogP contribution in [0.3, 0.4) is 0 Å². The van der Waals surface area contributed by atoms with Crippen molar-refractivity contribution in [2.75, 3.05) is 36.1 Å². The van der Waals surface area contributed by atoms with E-state index in [0.29, 0.717) is 22.7 Å². The maximum Gasteiger partial charge on any atom is 0.293 e. The molecule has 34 heavy (non-hydrogen) atoms. The zero-order valence-electron chi connectivity index (χ0n) is 19.0. The van der Waals surface area contributed by atoms with Crippen LogP contribution in [0, 0.1) is 17.0 Å². The van der Waals surface area contributed by atoms with E-state index in [2.05, 4.69) is 10.0 Å². The van der Waals surface area contributed by atoms with Gasteiger partial charge in [0.2, 0.25) is 0 Å². The van der Waals surface area contributed by atoms with E-state index >= 15 is 0 Å².